The molecular formula is C25H35BN4O4. The molecule has 2 saturated heterocycles. The number of hydrogen-bond donors (Lipinski definition) is 0. The number of carbonyl (C=O) groups is 1. The minimum absolute atomic E-state index is 0.134. The molecule has 9 heteroatoms. The molecule has 1 atom stereocenters. The van der Waals surface area contributed by atoms with Crippen molar-refractivity contribution in [3.05, 3.63) is 57.6 Å². The molecule has 2 aliphatic heterocycles. The van der Waals surface area contributed by atoms with E-state index in [1.807, 2.05) is 70.8 Å². The van der Waals surface area contributed by atoms with Crippen molar-refractivity contribution < 1.29 is 14.1 Å². The molecule has 0 radical (unpaired) electrons. The quantitative estimate of drug-likeness (QED) is 0.622. The van der Waals surface area contributed by atoms with Crippen LogP contribution in [-0.4, -0.2) is 70.3 Å². The summed E-state index contributed by atoms with van der Waals surface area (Å²) in [6, 6.07) is 7.64. The van der Waals surface area contributed by atoms with Crippen molar-refractivity contribution in [2.24, 2.45) is 7.05 Å². The highest BCUT2D eigenvalue weighted by Gasteiger charge is 2.52. The molecule has 182 valence electrons. The van der Waals surface area contributed by atoms with Gasteiger partial charge in [0.05, 0.1) is 16.8 Å². The fourth-order valence-electron chi connectivity index (χ4n) is 4.49. The van der Waals surface area contributed by atoms with E-state index in [-0.39, 0.29) is 17.5 Å². The number of piperazine rings is 1. The minimum atomic E-state index is -0.632. The first-order valence-corrected chi connectivity index (χ1v) is 11.9. The molecule has 1 unspecified atom stereocenters. The first-order chi connectivity index (χ1) is 15.9. The van der Waals surface area contributed by atoms with Crippen LogP contribution in [0.2, 0.25) is 0 Å². The van der Waals surface area contributed by atoms with E-state index in [0.29, 0.717) is 17.7 Å². The predicted molar refractivity (Wildman–Crippen MR) is 132 cm³/mol. The van der Waals surface area contributed by atoms with Gasteiger partial charge >= 0.3 is 7.12 Å². The zero-order valence-electron chi connectivity index (χ0n) is 21.3. The highest BCUT2D eigenvalue weighted by atomic mass is 16.7. The van der Waals surface area contributed by atoms with E-state index >= 15 is 0 Å². The van der Waals surface area contributed by atoms with Gasteiger partial charge in [0, 0.05) is 39.3 Å². The molecule has 3 heterocycles. The summed E-state index contributed by atoms with van der Waals surface area (Å²) in [6.45, 7) is 12.3. The van der Waals surface area contributed by atoms with Crippen LogP contribution in [0.25, 0.3) is 0 Å². The number of amides is 1. The average molecular weight is 466 g/mol. The van der Waals surface area contributed by atoms with Gasteiger partial charge in [-0.1, -0.05) is 24.3 Å². The maximum absolute atomic E-state index is 12.9. The average Bonchev–Trinajstić information content (AvgIpc) is 2.99. The Morgan fingerprint density at radius 1 is 1.03 bits per heavy atom. The van der Waals surface area contributed by atoms with Crippen LogP contribution in [0.4, 0.5) is 0 Å². The van der Waals surface area contributed by atoms with E-state index in [1.165, 1.54) is 4.57 Å². The molecule has 1 aromatic heterocycles. The van der Waals surface area contributed by atoms with Crippen LogP contribution in [0.3, 0.4) is 0 Å². The standard InChI is InChI=1S/C25H35BN4O4/c1-8-30-14-13-28(6)21(23(30)32)18-11-9-17(10-12-18)15-19-22(31)29(7)16-20(27-19)26-33-24(2,3)25(4,5)34-26/h9-12,16,21H,8,13-15H2,1-7H3. The molecule has 1 aromatic carbocycles. The Hall–Kier alpha value is -2.49. The van der Waals surface area contributed by atoms with Crippen LogP contribution >= 0.6 is 0 Å². The zero-order chi connectivity index (χ0) is 24.8. The van der Waals surface area contributed by atoms with E-state index < -0.39 is 18.3 Å². The minimum Gasteiger partial charge on any atom is -0.398 e. The number of benzene rings is 1. The van der Waals surface area contributed by atoms with Gasteiger partial charge in [-0.25, -0.2) is 0 Å². The van der Waals surface area contributed by atoms with Crippen molar-refractivity contribution >= 4 is 18.6 Å². The van der Waals surface area contributed by atoms with Gasteiger partial charge < -0.3 is 18.8 Å². The summed E-state index contributed by atoms with van der Waals surface area (Å²) in [5.74, 6) is 0.134. The first kappa shape index (κ1) is 24.6. The molecular weight excluding hydrogens is 431 g/mol. The summed E-state index contributed by atoms with van der Waals surface area (Å²) in [7, 11) is 3.07. The lowest BCUT2D eigenvalue weighted by Gasteiger charge is -2.38. The lowest BCUT2D eigenvalue weighted by atomic mass is 9.85. The molecule has 8 nitrogen and oxygen atoms in total. The highest BCUT2D eigenvalue weighted by Crippen LogP contribution is 2.36. The highest BCUT2D eigenvalue weighted by molar-refractivity contribution is 6.61. The van der Waals surface area contributed by atoms with E-state index in [9.17, 15) is 9.59 Å². The van der Waals surface area contributed by atoms with Crippen LogP contribution in [0.5, 0.6) is 0 Å². The third-order valence-electron chi connectivity index (χ3n) is 7.41. The van der Waals surface area contributed by atoms with Crippen molar-refractivity contribution in [3.8, 4) is 0 Å². The largest absolute Gasteiger partial charge is 0.516 e. The van der Waals surface area contributed by atoms with Gasteiger partial charge in [0.15, 0.2) is 0 Å². The van der Waals surface area contributed by atoms with Crippen LogP contribution in [-0.2, 0) is 27.6 Å². The van der Waals surface area contributed by atoms with E-state index in [0.717, 1.165) is 30.8 Å². The van der Waals surface area contributed by atoms with Gasteiger partial charge in [0.25, 0.3) is 5.56 Å². The first-order valence-electron chi connectivity index (χ1n) is 11.9. The van der Waals surface area contributed by atoms with Crippen molar-refractivity contribution in [3.63, 3.8) is 0 Å². The number of rotatable bonds is 5. The second-order valence-electron chi connectivity index (χ2n) is 10.3. The SMILES string of the molecule is CCN1CCN(C)C(c2ccc(Cc3nc(B4OC(C)(C)C(C)(C)O4)cn(C)c3=O)cc2)C1=O. The van der Waals surface area contributed by atoms with E-state index in [1.54, 1.807) is 13.2 Å². The fraction of sp³-hybridized carbons (Fsp3) is 0.560. The molecule has 0 aliphatic carbocycles. The van der Waals surface area contributed by atoms with Crippen LogP contribution in [0.15, 0.2) is 35.3 Å². The van der Waals surface area contributed by atoms with Crippen LogP contribution in [0.1, 0.15) is 57.5 Å². The second-order valence-corrected chi connectivity index (χ2v) is 10.3. The van der Waals surface area contributed by atoms with Gasteiger partial charge in [-0.2, -0.15) is 0 Å². The molecule has 0 bridgehead atoms. The van der Waals surface area contributed by atoms with E-state index in [2.05, 4.69) is 9.88 Å². The number of likely N-dealkylation sites (N-methyl/N-ethyl adjacent to an activating group) is 2. The van der Waals surface area contributed by atoms with Gasteiger partial charge in [-0.05, 0) is 52.8 Å². The number of aryl methyl sites for hydroxylation is 1. The molecule has 0 spiro atoms. The van der Waals surface area contributed by atoms with Gasteiger partial charge in [0.2, 0.25) is 5.91 Å². The van der Waals surface area contributed by atoms with Gasteiger partial charge in [-0.3, -0.25) is 19.5 Å². The summed E-state index contributed by atoms with van der Waals surface area (Å²) in [5, 5.41) is 0. The van der Waals surface area contributed by atoms with Gasteiger partial charge in [0.1, 0.15) is 11.7 Å². The van der Waals surface area contributed by atoms with E-state index in [4.69, 9.17) is 9.31 Å². The third-order valence-corrected chi connectivity index (χ3v) is 7.41. The Labute approximate surface area is 202 Å². The Balaban J connectivity index is 1.56. The number of aromatic nitrogens is 2. The number of nitrogens with zero attached hydrogens (tertiary/aromatic N) is 4. The Morgan fingerprint density at radius 3 is 2.24 bits per heavy atom. The molecule has 2 aromatic rings. The Kier molecular flexibility index (Phi) is 6.48. The van der Waals surface area contributed by atoms with Crippen LogP contribution in [0, 0.1) is 0 Å². The lowest BCUT2D eigenvalue weighted by Crippen LogP contribution is -2.50. The summed E-state index contributed by atoms with van der Waals surface area (Å²) in [5.41, 5.74) is 1.82. The molecule has 2 aliphatic rings. The molecule has 2 fully saturated rings. The van der Waals surface area contributed by atoms with Crippen LogP contribution < -0.4 is 11.2 Å². The fourth-order valence-corrected chi connectivity index (χ4v) is 4.49. The van der Waals surface area contributed by atoms with Gasteiger partial charge in [-0.15, -0.1) is 0 Å². The van der Waals surface area contributed by atoms with Crippen molar-refractivity contribution in [1.29, 1.82) is 0 Å². The Bertz CT molecular complexity index is 1110. The topological polar surface area (TPSA) is 76.9 Å². The summed E-state index contributed by atoms with van der Waals surface area (Å²) in [6.07, 6.45) is 2.07. The van der Waals surface area contributed by atoms with Crippen molar-refractivity contribution in [2.75, 3.05) is 26.7 Å². The molecule has 4 rings (SSSR count). The molecule has 0 saturated carbocycles. The molecule has 1 amide bonds. The molecule has 0 N–H and O–H groups in total. The van der Waals surface area contributed by atoms with Crippen molar-refractivity contribution in [2.45, 2.75) is 58.3 Å². The number of hydrogen-bond acceptors (Lipinski definition) is 6. The monoisotopic (exact) mass is 466 g/mol. The summed E-state index contributed by atoms with van der Waals surface area (Å²) in [4.78, 5) is 34.3. The maximum Gasteiger partial charge on any atom is 0.516 e. The number of carbonyl (C=O) groups excluding carboxylic acids is 1. The lowest BCUT2D eigenvalue weighted by molar-refractivity contribution is -0.140. The molecule has 34 heavy (non-hydrogen) atoms. The zero-order valence-corrected chi connectivity index (χ0v) is 21.3. The smallest absolute Gasteiger partial charge is 0.398 e. The predicted octanol–water partition coefficient (Wildman–Crippen LogP) is 1.51. The maximum atomic E-state index is 12.9. The second kappa shape index (κ2) is 8.94. The summed E-state index contributed by atoms with van der Waals surface area (Å²) < 4.78 is 13.8. The Morgan fingerprint density at radius 2 is 1.65 bits per heavy atom. The summed E-state index contributed by atoms with van der Waals surface area (Å²) >= 11 is 0. The third kappa shape index (κ3) is 4.44. The normalized spacial score (nSPS) is 22.4. The van der Waals surface area contributed by atoms with Crippen molar-refractivity contribution in [1.82, 2.24) is 19.4 Å².